The van der Waals surface area contributed by atoms with Gasteiger partial charge in [0.05, 0.1) is 12.0 Å². The van der Waals surface area contributed by atoms with Crippen molar-refractivity contribution >= 4 is 17.5 Å². The zero-order valence-corrected chi connectivity index (χ0v) is 11.1. The van der Waals surface area contributed by atoms with Gasteiger partial charge in [-0.25, -0.2) is 0 Å². The van der Waals surface area contributed by atoms with E-state index in [1.807, 2.05) is 13.0 Å². The lowest BCUT2D eigenvalue weighted by Crippen LogP contribution is -2.34. The Morgan fingerprint density at radius 2 is 2.35 bits per heavy atom. The molecule has 1 aromatic heterocycles. The number of aryl methyl sites for hydroxylation is 1. The maximum absolute atomic E-state index is 12.1. The van der Waals surface area contributed by atoms with E-state index in [2.05, 4.69) is 4.98 Å². The number of ether oxygens (including phenoxy) is 1. The number of halogens is 1. The van der Waals surface area contributed by atoms with Crippen LogP contribution in [0.3, 0.4) is 0 Å². The first-order valence-corrected chi connectivity index (χ1v) is 5.80. The van der Waals surface area contributed by atoms with E-state index < -0.39 is 0 Å². The Bertz CT molecular complexity index is 385. The highest BCUT2D eigenvalue weighted by atomic mass is 35.5. The highest BCUT2D eigenvalue weighted by Gasteiger charge is 2.17. The van der Waals surface area contributed by atoms with Crippen molar-refractivity contribution in [2.75, 3.05) is 27.3 Å². The number of rotatable bonds is 5. The summed E-state index contributed by atoms with van der Waals surface area (Å²) in [5, 5.41) is -0.210. The summed E-state index contributed by atoms with van der Waals surface area (Å²) in [5.41, 5.74) is 1.33. The summed E-state index contributed by atoms with van der Waals surface area (Å²) in [7, 11) is 3.29. The quantitative estimate of drug-likeness (QED) is 0.754. The number of hydrogen-bond acceptors (Lipinski definition) is 3. The molecule has 1 unspecified atom stereocenters. The molecule has 1 atom stereocenters. The van der Waals surface area contributed by atoms with Gasteiger partial charge in [0.25, 0.3) is 5.91 Å². The number of amides is 1. The monoisotopic (exact) mass is 256 g/mol. The van der Waals surface area contributed by atoms with Crippen molar-refractivity contribution in [3.63, 3.8) is 0 Å². The SMILES string of the molecule is COCC(Cl)CN(C)C(=O)c1ncccc1C. The molecule has 0 saturated carbocycles. The van der Waals surface area contributed by atoms with Gasteiger partial charge >= 0.3 is 0 Å². The molecule has 1 aromatic rings. The predicted molar refractivity (Wildman–Crippen MR) is 67.5 cm³/mol. The molecule has 0 bridgehead atoms. The Balaban J connectivity index is 2.67. The third-order valence-electron chi connectivity index (χ3n) is 2.38. The second-order valence-electron chi connectivity index (χ2n) is 3.91. The molecular formula is C12H17ClN2O2. The molecule has 0 radical (unpaired) electrons. The maximum atomic E-state index is 12.1. The van der Waals surface area contributed by atoms with Crippen LogP contribution in [0, 0.1) is 6.92 Å². The van der Waals surface area contributed by atoms with Crippen LogP contribution in [0.1, 0.15) is 16.1 Å². The molecule has 1 amide bonds. The minimum absolute atomic E-state index is 0.121. The lowest BCUT2D eigenvalue weighted by Gasteiger charge is -2.20. The van der Waals surface area contributed by atoms with Gasteiger partial charge in [-0.1, -0.05) is 6.07 Å². The third-order valence-corrected chi connectivity index (χ3v) is 2.64. The summed E-state index contributed by atoms with van der Waals surface area (Å²) in [6.45, 7) is 2.71. The average Bonchev–Trinajstić information content (AvgIpc) is 2.29. The van der Waals surface area contributed by atoms with Crippen LogP contribution in [0.15, 0.2) is 18.3 Å². The van der Waals surface area contributed by atoms with Crippen LogP contribution >= 0.6 is 11.6 Å². The molecule has 0 spiro atoms. The fraction of sp³-hybridized carbons (Fsp3) is 0.500. The van der Waals surface area contributed by atoms with E-state index in [1.165, 1.54) is 0 Å². The Labute approximate surface area is 107 Å². The zero-order chi connectivity index (χ0) is 12.8. The van der Waals surface area contributed by atoms with Crippen molar-refractivity contribution in [3.8, 4) is 0 Å². The molecule has 0 aliphatic rings. The maximum Gasteiger partial charge on any atom is 0.272 e. The van der Waals surface area contributed by atoms with E-state index >= 15 is 0 Å². The number of hydrogen-bond donors (Lipinski definition) is 0. The van der Waals surface area contributed by atoms with Crippen molar-refractivity contribution in [1.29, 1.82) is 0 Å². The Hall–Kier alpha value is -1.13. The highest BCUT2D eigenvalue weighted by Crippen LogP contribution is 2.08. The molecule has 0 aromatic carbocycles. The zero-order valence-electron chi connectivity index (χ0n) is 10.3. The van der Waals surface area contributed by atoms with Crippen LogP contribution in [0.2, 0.25) is 0 Å². The van der Waals surface area contributed by atoms with Crippen molar-refractivity contribution in [1.82, 2.24) is 9.88 Å². The normalized spacial score (nSPS) is 12.2. The lowest BCUT2D eigenvalue weighted by atomic mass is 10.2. The summed E-state index contributed by atoms with van der Waals surface area (Å²) in [5.74, 6) is -0.121. The van der Waals surface area contributed by atoms with E-state index in [-0.39, 0.29) is 11.3 Å². The van der Waals surface area contributed by atoms with Gasteiger partial charge in [0.15, 0.2) is 0 Å². The number of aromatic nitrogens is 1. The first kappa shape index (κ1) is 13.9. The van der Waals surface area contributed by atoms with Gasteiger partial charge in [0, 0.05) is 26.9 Å². The van der Waals surface area contributed by atoms with Crippen molar-refractivity contribution in [2.24, 2.45) is 0 Å². The van der Waals surface area contributed by atoms with Crippen molar-refractivity contribution < 1.29 is 9.53 Å². The highest BCUT2D eigenvalue weighted by molar-refractivity contribution is 6.21. The summed E-state index contributed by atoms with van der Waals surface area (Å²) in [6.07, 6.45) is 1.61. The minimum atomic E-state index is -0.210. The van der Waals surface area contributed by atoms with Crippen LogP contribution < -0.4 is 0 Å². The number of carbonyl (C=O) groups is 1. The molecule has 4 nitrogen and oxygen atoms in total. The first-order valence-electron chi connectivity index (χ1n) is 5.36. The summed E-state index contributed by atoms with van der Waals surface area (Å²) >= 11 is 6.01. The Morgan fingerprint density at radius 3 is 2.94 bits per heavy atom. The molecule has 17 heavy (non-hydrogen) atoms. The van der Waals surface area contributed by atoms with Gasteiger partial charge in [-0.05, 0) is 18.6 Å². The van der Waals surface area contributed by atoms with Gasteiger partial charge in [-0.15, -0.1) is 11.6 Å². The van der Waals surface area contributed by atoms with E-state index in [9.17, 15) is 4.79 Å². The number of nitrogens with zero attached hydrogens (tertiary/aromatic N) is 2. The fourth-order valence-corrected chi connectivity index (χ4v) is 1.84. The summed E-state index contributed by atoms with van der Waals surface area (Å²) < 4.78 is 4.93. The van der Waals surface area contributed by atoms with Gasteiger partial charge in [0.2, 0.25) is 0 Å². The molecule has 0 fully saturated rings. The van der Waals surface area contributed by atoms with Crippen LogP contribution in [0.4, 0.5) is 0 Å². The smallest absolute Gasteiger partial charge is 0.272 e. The molecule has 0 aliphatic heterocycles. The summed E-state index contributed by atoms with van der Waals surface area (Å²) in [6, 6.07) is 3.67. The van der Waals surface area contributed by atoms with Gasteiger partial charge < -0.3 is 9.64 Å². The van der Waals surface area contributed by atoms with Gasteiger partial charge in [-0.2, -0.15) is 0 Å². The molecule has 1 rings (SSSR count). The third kappa shape index (κ3) is 3.98. The fourth-order valence-electron chi connectivity index (χ4n) is 1.50. The first-order chi connectivity index (χ1) is 8.06. The van der Waals surface area contributed by atoms with Crippen molar-refractivity contribution in [2.45, 2.75) is 12.3 Å². The number of carbonyl (C=O) groups excluding carboxylic acids is 1. The molecule has 0 saturated heterocycles. The molecule has 0 N–H and O–H groups in total. The largest absolute Gasteiger partial charge is 0.383 e. The Kier molecular flexibility index (Phi) is 5.38. The molecular weight excluding hydrogens is 240 g/mol. The van der Waals surface area contributed by atoms with Crippen LogP contribution in [0.5, 0.6) is 0 Å². The Morgan fingerprint density at radius 1 is 1.65 bits per heavy atom. The molecule has 5 heteroatoms. The second kappa shape index (κ2) is 6.57. The average molecular weight is 257 g/mol. The van der Waals surface area contributed by atoms with Crippen molar-refractivity contribution in [3.05, 3.63) is 29.6 Å². The lowest BCUT2D eigenvalue weighted by molar-refractivity contribution is 0.0775. The molecule has 94 valence electrons. The van der Waals surface area contributed by atoms with E-state index in [1.54, 1.807) is 31.3 Å². The van der Waals surface area contributed by atoms with Crippen LogP contribution in [-0.4, -0.2) is 48.5 Å². The topological polar surface area (TPSA) is 42.4 Å². The van der Waals surface area contributed by atoms with Gasteiger partial charge in [-0.3, -0.25) is 9.78 Å². The standard InChI is InChI=1S/C12H17ClN2O2/c1-9-5-4-6-14-11(9)12(16)15(2)7-10(13)8-17-3/h4-6,10H,7-8H2,1-3H3. The molecule has 1 heterocycles. The van der Waals surface area contributed by atoms with E-state index in [0.717, 1.165) is 5.56 Å². The van der Waals surface area contributed by atoms with Crippen LogP contribution in [-0.2, 0) is 4.74 Å². The number of methoxy groups -OCH3 is 1. The predicted octanol–water partition coefficient (Wildman–Crippen LogP) is 1.72. The summed E-state index contributed by atoms with van der Waals surface area (Å²) in [4.78, 5) is 17.7. The van der Waals surface area contributed by atoms with E-state index in [0.29, 0.717) is 18.8 Å². The molecule has 0 aliphatic carbocycles. The van der Waals surface area contributed by atoms with E-state index in [4.69, 9.17) is 16.3 Å². The van der Waals surface area contributed by atoms with Crippen LogP contribution in [0.25, 0.3) is 0 Å². The minimum Gasteiger partial charge on any atom is -0.383 e. The second-order valence-corrected chi connectivity index (χ2v) is 4.52. The number of pyridine rings is 1. The van der Waals surface area contributed by atoms with Gasteiger partial charge in [0.1, 0.15) is 5.69 Å². The number of alkyl halides is 1.